The number of hydrogen-bond acceptors (Lipinski definition) is 3. The van der Waals surface area contributed by atoms with Gasteiger partial charge in [-0.05, 0) is 12.3 Å². The van der Waals surface area contributed by atoms with Crippen LogP contribution in [0.3, 0.4) is 0 Å². The normalized spacial score (nSPS) is 9.83. The van der Waals surface area contributed by atoms with E-state index in [1.54, 1.807) is 6.26 Å². The number of nitro benzene ring substituents is 1. The summed E-state index contributed by atoms with van der Waals surface area (Å²) in [6.07, 6.45) is 1.73. The maximum atomic E-state index is 12.7. The Labute approximate surface area is 72.7 Å². The summed E-state index contributed by atoms with van der Waals surface area (Å²) in [5, 5.41) is 10.3. The minimum Gasteiger partial charge on any atom is -0.258 e. The van der Waals surface area contributed by atoms with Crippen molar-refractivity contribution < 1.29 is 9.31 Å². The van der Waals surface area contributed by atoms with Crippen molar-refractivity contribution in [3.05, 3.63) is 34.1 Å². The van der Waals surface area contributed by atoms with Crippen molar-refractivity contribution in [2.75, 3.05) is 6.26 Å². The van der Waals surface area contributed by atoms with Gasteiger partial charge in [0.15, 0.2) is 0 Å². The molecule has 0 heterocycles. The molecule has 0 radical (unpaired) electrons. The zero-order valence-electron chi connectivity index (χ0n) is 6.28. The lowest BCUT2D eigenvalue weighted by Crippen LogP contribution is -1.89. The molecule has 0 aromatic heterocycles. The fraction of sp³-hybridized carbons (Fsp3) is 0.143. The van der Waals surface area contributed by atoms with Crippen molar-refractivity contribution in [3.8, 4) is 0 Å². The Bertz CT molecular complexity index is 316. The van der Waals surface area contributed by atoms with Crippen LogP contribution in [0.4, 0.5) is 10.1 Å². The lowest BCUT2D eigenvalue weighted by atomic mass is 10.3. The van der Waals surface area contributed by atoms with Crippen molar-refractivity contribution in [2.45, 2.75) is 4.90 Å². The van der Waals surface area contributed by atoms with Gasteiger partial charge in [0.25, 0.3) is 5.69 Å². The largest absolute Gasteiger partial charge is 0.273 e. The molecule has 0 spiro atoms. The highest BCUT2D eigenvalue weighted by molar-refractivity contribution is 7.98. The molecule has 0 aliphatic rings. The highest BCUT2D eigenvalue weighted by Gasteiger charge is 2.08. The Hall–Kier alpha value is -1.10. The monoisotopic (exact) mass is 187 g/mol. The highest BCUT2D eigenvalue weighted by Crippen LogP contribution is 2.22. The van der Waals surface area contributed by atoms with Crippen LogP contribution in [0, 0.1) is 15.9 Å². The predicted molar refractivity (Wildman–Crippen MR) is 44.8 cm³/mol. The molecule has 1 aromatic carbocycles. The Morgan fingerprint density at radius 1 is 1.50 bits per heavy atom. The summed E-state index contributed by atoms with van der Waals surface area (Å²) in [6.45, 7) is 0. The zero-order chi connectivity index (χ0) is 9.14. The van der Waals surface area contributed by atoms with Gasteiger partial charge in [0.1, 0.15) is 5.82 Å². The molecule has 0 unspecified atom stereocenters. The second-order valence-corrected chi connectivity index (χ2v) is 2.99. The number of nitro groups is 1. The molecule has 0 fully saturated rings. The fourth-order valence-corrected chi connectivity index (χ4v) is 1.24. The minimum absolute atomic E-state index is 0.209. The van der Waals surface area contributed by atoms with Crippen LogP contribution in [0.15, 0.2) is 23.1 Å². The van der Waals surface area contributed by atoms with Crippen molar-refractivity contribution in [2.24, 2.45) is 0 Å². The van der Waals surface area contributed by atoms with Gasteiger partial charge in [-0.1, -0.05) is 0 Å². The van der Waals surface area contributed by atoms with Crippen molar-refractivity contribution in [3.63, 3.8) is 0 Å². The van der Waals surface area contributed by atoms with Crippen LogP contribution in [0.1, 0.15) is 0 Å². The van der Waals surface area contributed by atoms with Crippen LogP contribution in [-0.4, -0.2) is 11.2 Å². The molecule has 0 aliphatic heterocycles. The van der Waals surface area contributed by atoms with Crippen LogP contribution in [0.2, 0.25) is 0 Å². The third-order valence-corrected chi connectivity index (χ3v) is 2.01. The molecule has 1 rings (SSSR count). The van der Waals surface area contributed by atoms with Gasteiger partial charge in [-0.3, -0.25) is 10.1 Å². The number of nitrogens with zero attached hydrogens (tertiary/aromatic N) is 1. The highest BCUT2D eigenvalue weighted by atomic mass is 32.2. The van der Waals surface area contributed by atoms with Crippen LogP contribution in [0.5, 0.6) is 0 Å². The first-order valence-corrected chi connectivity index (χ1v) is 4.35. The van der Waals surface area contributed by atoms with Gasteiger partial charge in [-0.25, -0.2) is 4.39 Å². The molecule has 0 bridgehead atoms. The Morgan fingerprint density at radius 2 is 2.17 bits per heavy atom. The van der Waals surface area contributed by atoms with Crippen molar-refractivity contribution >= 4 is 17.4 Å². The number of hydrogen-bond donors (Lipinski definition) is 0. The summed E-state index contributed by atoms with van der Waals surface area (Å²) in [4.78, 5) is 10.2. The Morgan fingerprint density at radius 3 is 2.67 bits per heavy atom. The molecule has 0 atom stereocenters. The maximum Gasteiger partial charge on any atom is 0.273 e. The second kappa shape index (κ2) is 3.53. The molecule has 5 heteroatoms. The van der Waals surface area contributed by atoms with Crippen LogP contribution < -0.4 is 0 Å². The third kappa shape index (κ3) is 1.94. The van der Waals surface area contributed by atoms with E-state index < -0.39 is 10.7 Å². The molecular formula is C7H6FNO2S. The number of non-ortho nitro benzene ring substituents is 1. The van der Waals surface area contributed by atoms with E-state index in [0.717, 1.165) is 6.07 Å². The average molecular weight is 187 g/mol. The van der Waals surface area contributed by atoms with E-state index in [4.69, 9.17) is 0 Å². The summed E-state index contributed by atoms with van der Waals surface area (Å²) < 4.78 is 12.7. The summed E-state index contributed by atoms with van der Waals surface area (Å²) in [5.74, 6) is -0.575. The minimum atomic E-state index is -0.608. The van der Waals surface area contributed by atoms with Gasteiger partial charge in [0.05, 0.1) is 11.0 Å². The van der Waals surface area contributed by atoms with Gasteiger partial charge in [0.2, 0.25) is 0 Å². The van der Waals surface area contributed by atoms with E-state index >= 15 is 0 Å². The molecule has 3 nitrogen and oxygen atoms in total. The molecule has 64 valence electrons. The molecule has 0 N–H and O–H groups in total. The molecule has 1 aromatic rings. The maximum absolute atomic E-state index is 12.7. The fourth-order valence-electron chi connectivity index (χ4n) is 0.771. The SMILES string of the molecule is CSc1cc(F)cc([N+](=O)[O-])c1. The summed E-state index contributed by atoms with van der Waals surface area (Å²) in [7, 11) is 0. The smallest absolute Gasteiger partial charge is 0.258 e. The molecule has 0 amide bonds. The first-order valence-electron chi connectivity index (χ1n) is 3.12. The van der Waals surface area contributed by atoms with E-state index in [0.29, 0.717) is 4.90 Å². The second-order valence-electron chi connectivity index (χ2n) is 2.11. The third-order valence-electron chi connectivity index (χ3n) is 1.30. The van der Waals surface area contributed by atoms with Gasteiger partial charge >= 0.3 is 0 Å². The molecule has 12 heavy (non-hydrogen) atoms. The number of benzene rings is 1. The van der Waals surface area contributed by atoms with Crippen molar-refractivity contribution in [1.29, 1.82) is 0 Å². The molecular weight excluding hydrogens is 181 g/mol. The number of thioether (sulfide) groups is 1. The molecule has 0 saturated heterocycles. The van der Waals surface area contributed by atoms with E-state index in [1.165, 1.54) is 23.9 Å². The summed E-state index contributed by atoms with van der Waals surface area (Å²) in [6, 6.07) is 3.51. The topological polar surface area (TPSA) is 43.1 Å². The predicted octanol–water partition coefficient (Wildman–Crippen LogP) is 2.46. The number of rotatable bonds is 2. The van der Waals surface area contributed by atoms with Gasteiger partial charge in [-0.2, -0.15) is 0 Å². The lowest BCUT2D eigenvalue weighted by Gasteiger charge is -1.96. The first kappa shape index (κ1) is 8.99. The van der Waals surface area contributed by atoms with Crippen LogP contribution in [0.25, 0.3) is 0 Å². The van der Waals surface area contributed by atoms with Crippen molar-refractivity contribution in [1.82, 2.24) is 0 Å². The Kier molecular flexibility index (Phi) is 2.65. The van der Waals surface area contributed by atoms with E-state index in [2.05, 4.69) is 0 Å². The van der Waals surface area contributed by atoms with E-state index in [1.807, 2.05) is 0 Å². The quantitative estimate of drug-likeness (QED) is 0.405. The van der Waals surface area contributed by atoms with Gasteiger partial charge in [0, 0.05) is 11.0 Å². The van der Waals surface area contributed by atoms with Crippen LogP contribution >= 0.6 is 11.8 Å². The van der Waals surface area contributed by atoms with Gasteiger partial charge < -0.3 is 0 Å². The summed E-state index contributed by atoms with van der Waals surface area (Å²) >= 11 is 1.27. The van der Waals surface area contributed by atoms with Gasteiger partial charge in [-0.15, -0.1) is 11.8 Å². The van der Waals surface area contributed by atoms with Crippen LogP contribution in [-0.2, 0) is 0 Å². The summed E-state index contributed by atoms with van der Waals surface area (Å²) in [5.41, 5.74) is -0.209. The molecule has 0 saturated carbocycles. The number of halogens is 1. The molecule has 0 aliphatic carbocycles. The Balaban J connectivity index is 3.15. The first-order chi connectivity index (χ1) is 5.63. The zero-order valence-corrected chi connectivity index (χ0v) is 7.10. The average Bonchev–Trinajstić information content (AvgIpc) is 2.03. The lowest BCUT2D eigenvalue weighted by molar-refractivity contribution is -0.385. The standard InChI is InChI=1S/C7H6FNO2S/c1-12-7-3-5(8)2-6(4-7)9(10)11/h2-4H,1H3. The van der Waals surface area contributed by atoms with E-state index in [-0.39, 0.29) is 5.69 Å². The van der Waals surface area contributed by atoms with E-state index in [9.17, 15) is 14.5 Å².